The normalized spacial score (nSPS) is 16.3. The van der Waals surface area contributed by atoms with E-state index in [1.54, 1.807) is 17.2 Å². The number of para-hydroxylation sites is 1. The summed E-state index contributed by atoms with van der Waals surface area (Å²) in [6.45, 7) is 1.17. The van der Waals surface area contributed by atoms with E-state index in [1.165, 1.54) is 12.1 Å². The van der Waals surface area contributed by atoms with Crippen molar-refractivity contribution in [2.75, 3.05) is 25.4 Å². The molecule has 1 aliphatic rings. The Kier molecular flexibility index (Phi) is 5.88. The summed E-state index contributed by atoms with van der Waals surface area (Å²) in [6, 6.07) is 15.6. The number of nitrogens with two attached hydrogens (primary N) is 1. The molecule has 154 valence electrons. The molecule has 1 amide bonds. The van der Waals surface area contributed by atoms with Gasteiger partial charge in [0.1, 0.15) is 11.6 Å². The van der Waals surface area contributed by atoms with Crippen LogP contribution in [0.1, 0.15) is 24.5 Å². The van der Waals surface area contributed by atoms with E-state index in [2.05, 4.69) is 9.97 Å². The maximum Gasteiger partial charge on any atom is 0.260 e. The van der Waals surface area contributed by atoms with Crippen LogP contribution in [-0.2, 0) is 4.79 Å². The van der Waals surface area contributed by atoms with Crippen LogP contribution in [0.5, 0.6) is 5.75 Å². The molecular formula is C23H23FN4O2. The number of piperidine rings is 1. The van der Waals surface area contributed by atoms with Gasteiger partial charge in [-0.15, -0.1) is 0 Å². The van der Waals surface area contributed by atoms with Crippen molar-refractivity contribution in [2.24, 2.45) is 0 Å². The zero-order chi connectivity index (χ0) is 20.9. The lowest BCUT2D eigenvalue weighted by atomic mass is 9.90. The fraction of sp³-hybridized carbons (Fsp3) is 0.261. The van der Waals surface area contributed by atoms with Crippen molar-refractivity contribution < 1.29 is 13.9 Å². The molecule has 4 rings (SSSR count). The Morgan fingerprint density at radius 1 is 1.20 bits per heavy atom. The number of amides is 1. The molecule has 0 bridgehead atoms. The van der Waals surface area contributed by atoms with Gasteiger partial charge in [0.05, 0.1) is 5.69 Å². The van der Waals surface area contributed by atoms with Crippen molar-refractivity contribution in [1.82, 2.24) is 14.9 Å². The van der Waals surface area contributed by atoms with Gasteiger partial charge in [0, 0.05) is 30.8 Å². The molecule has 7 heteroatoms. The third-order valence-corrected chi connectivity index (χ3v) is 5.24. The van der Waals surface area contributed by atoms with Crippen molar-refractivity contribution in [3.63, 3.8) is 0 Å². The van der Waals surface area contributed by atoms with Crippen LogP contribution in [0.25, 0.3) is 11.1 Å². The summed E-state index contributed by atoms with van der Waals surface area (Å²) in [6.07, 6.45) is 3.34. The summed E-state index contributed by atoms with van der Waals surface area (Å²) in [7, 11) is 0. The molecule has 1 aromatic heterocycles. The number of aromatic nitrogens is 2. The van der Waals surface area contributed by atoms with E-state index in [0.717, 1.165) is 24.1 Å². The number of anilines is 1. The second kappa shape index (κ2) is 8.90. The molecule has 2 heterocycles. The number of carbonyl (C=O) groups excluding carboxylic acids is 1. The molecule has 1 atom stereocenters. The van der Waals surface area contributed by atoms with Gasteiger partial charge in [-0.05, 0) is 42.7 Å². The third kappa shape index (κ3) is 4.56. The second-order valence-electron chi connectivity index (χ2n) is 7.32. The van der Waals surface area contributed by atoms with E-state index in [0.29, 0.717) is 24.4 Å². The van der Waals surface area contributed by atoms with Crippen molar-refractivity contribution >= 4 is 11.9 Å². The monoisotopic (exact) mass is 406 g/mol. The molecule has 0 spiro atoms. The Hall–Kier alpha value is -3.48. The van der Waals surface area contributed by atoms with E-state index >= 15 is 0 Å². The number of hydrogen-bond donors (Lipinski definition) is 1. The van der Waals surface area contributed by atoms with Gasteiger partial charge in [0.25, 0.3) is 5.91 Å². The number of ether oxygens (including phenoxy) is 1. The molecule has 6 nitrogen and oxygen atoms in total. The van der Waals surface area contributed by atoms with E-state index in [-0.39, 0.29) is 30.2 Å². The van der Waals surface area contributed by atoms with Gasteiger partial charge in [0.15, 0.2) is 6.61 Å². The van der Waals surface area contributed by atoms with Crippen LogP contribution in [0, 0.1) is 5.82 Å². The van der Waals surface area contributed by atoms with Crippen LogP contribution in [-0.4, -0.2) is 40.5 Å². The highest BCUT2D eigenvalue weighted by Gasteiger charge is 2.28. The highest BCUT2D eigenvalue weighted by molar-refractivity contribution is 5.78. The van der Waals surface area contributed by atoms with Crippen molar-refractivity contribution in [3.05, 3.63) is 72.3 Å². The highest BCUT2D eigenvalue weighted by Crippen LogP contribution is 2.33. The van der Waals surface area contributed by atoms with Gasteiger partial charge in [-0.1, -0.05) is 30.3 Å². The number of rotatable bonds is 5. The molecule has 1 fully saturated rings. The topological polar surface area (TPSA) is 81.3 Å². The van der Waals surface area contributed by atoms with E-state index in [9.17, 15) is 9.18 Å². The van der Waals surface area contributed by atoms with Gasteiger partial charge in [-0.2, -0.15) is 0 Å². The van der Waals surface area contributed by atoms with Gasteiger partial charge >= 0.3 is 0 Å². The Balaban J connectivity index is 1.52. The Labute approximate surface area is 174 Å². The average Bonchev–Trinajstić information content (AvgIpc) is 2.78. The van der Waals surface area contributed by atoms with Crippen LogP contribution in [0.4, 0.5) is 10.3 Å². The fourth-order valence-corrected chi connectivity index (χ4v) is 3.78. The molecular weight excluding hydrogens is 383 g/mol. The highest BCUT2D eigenvalue weighted by atomic mass is 19.1. The number of benzene rings is 2. The van der Waals surface area contributed by atoms with Crippen LogP contribution in [0.2, 0.25) is 0 Å². The number of hydrogen-bond acceptors (Lipinski definition) is 5. The quantitative estimate of drug-likeness (QED) is 0.700. The van der Waals surface area contributed by atoms with Crippen LogP contribution < -0.4 is 10.5 Å². The largest absolute Gasteiger partial charge is 0.484 e. The Bertz CT molecular complexity index is 1030. The first-order valence-electron chi connectivity index (χ1n) is 9.94. The van der Waals surface area contributed by atoms with Crippen molar-refractivity contribution in [2.45, 2.75) is 18.8 Å². The Morgan fingerprint density at radius 3 is 2.83 bits per heavy atom. The third-order valence-electron chi connectivity index (χ3n) is 5.24. The predicted molar refractivity (Wildman–Crippen MR) is 112 cm³/mol. The maximum atomic E-state index is 13.8. The summed E-state index contributed by atoms with van der Waals surface area (Å²) in [4.78, 5) is 23.1. The first-order chi connectivity index (χ1) is 14.6. The van der Waals surface area contributed by atoms with Gasteiger partial charge in [-0.25, -0.2) is 14.4 Å². The predicted octanol–water partition coefficient (Wildman–Crippen LogP) is 3.65. The van der Waals surface area contributed by atoms with E-state index in [1.807, 2.05) is 36.4 Å². The standard InChI is InChI=1S/C23H23FN4O2/c24-18-8-4-6-16(12-18)20-13-26-23(25)27-22(20)17-7-5-11-28(14-17)21(29)15-30-19-9-2-1-3-10-19/h1-4,6,8-10,12-13,17H,5,7,11,14-15H2,(H2,25,26,27). The van der Waals surface area contributed by atoms with Crippen molar-refractivity contribution in [3.8, 4) is 16.9 Å². The number of nitrogens with zero attached hydrogens (tertiary/aromatic N) is 3. The summed E-state index contributed by atoms with van der Waals surface area (Å²) < 4.78 is 19.4. The molecule has 0 aliphatic carbocycles. The van der Waals surface area contributed by atoms with Crippen LogP contribution in [0.3, 0.4) is 0 Å². The van der Waals surface area contributed by atoms with E-state index in [4.69, 9.17) is 10.5 Å². The molecule has 1 aliphatic heterocycles. The molecule has 2 N–H and O–H groups in total. The summed E-state index contributed by atoms with van der Waals surface area (Å²) in [5.74, 6) is 0.423. The second-order valence-corrected chi connectivity index (χ2v) is 7.32. The smallest absolute Gasteiger partial charge is 0.260 e. The lowest BCUT2D eigenvalue weighted by Gasteiger charge is -2.33. The van der Waals surface area contributed by atoms with Gasteiger partial charge < -0.3 is 15.4 Å². The number of likely N-dealkylation sites (tertiary alicyclic amines) is 1. The lowest BCUT2D eigenvalue weighted by molar-refractivity contribution is -0.134. The summed E-state index contributed by atoms with van der Waals surface area (Å²) >= 11 is 0. The van der Waals surface area contributed by atoms with Crippen LogP contribution in [0.15, 0.2) is 60.8 Å². The fourth-order valence-electron chi connectivity index (χ4n) is 3.78. The van der Waals surface area contributed by atoms with E-state index < -0.39 is 0 Å². The summed E-state index contributed by atoms with van der Waals surface area (Å²) in [5.41, 5.74) is 8.03. The molecule has 1 unspecified atom stereocenters. The SMILES string of the molecule is Nc1ncc(-c2cccc(F)c2)c(C2CCCN(C(=O)COc3ccccc3)C2)n1. The minimum atomic E-state index is -0.325. The Morgan fingerprint density at radius 2 is 2.03 bits per heavy atom. The van der Waals surface area contributed by atoms with Gasteiger partial charge in [0.2, 0.25) is 5.95 Å². The van der Waals surface area contributed by atoms with Gasteiger partial charge in [-0.3, -0.25) is 4.79 Å². The molecule has 1 saturated heterocycles. The first kappa shape index (κ1) is 19.8. The number of carbonyl (C=O) groups is 1. The average molecular weight is 406 g/mol. The minimum Gasteiger partial charge on any atom is -0.484 e. The van der Waals surface area contributed by atoms with Crippen LogP contribution >= 0.6 is 0 Å². The molecule has 0 saturated carbocycles. The molecule has 3 aromatic rings. The first-order valence-corrected chi connectivity index (χ1v) is 9.94. The zero-order valence-electron chi connectivity index (χ0n) is 16.5. The molecule has 30 heavy (non-hydrogen) atoms. The number of halogens is 1. The summed E-state index contributed by atoms with van der Waals surface area (Å²) in [5, 5.41) is 0. The maximum absolute atomic E-state index is 13.8. The molecule has 2 aromatic carbocycles. The molecule has 0 radical (unpaired) electrons. The zero-order valence-corrected chi connectivity index (χ0v) is 16.5. The minimum absolute atomic E-state index is 0.0111. The lowest BCUT2D eigenvalue weighted by Crippen LogP contribution is -2.41. The number of nitrogen functional groups attached to an aromatic ring is 1. The van der Waals surface area contributed by atoms with Crippen molar-refractivity contribution in [1.29, 1.82) is 0 Å².